The van der Waals surface area contributed by atoms with Crippen molar-refractivity contribution in [2.24, 2.45) is 0 Å². The Morgan fingerprint density at radius 1 is 1.13 bits per heavy atom. The Hall–Kier alpha value is -2.88. The van der Waals surface area contributed by atoms with Gasteiger partial charge in [-0.3, -0.25) is 9.10 Å². The summed E-state index contributed by atoms with van der Waals surface area (Å²) in [5.74, 6) is -0.298. The van der Waals surface area contributed by atoms with Crippen molar-refractivity contribution in [1.29, 1.82) is 0 Å². The zero-order chi connectivity index (χ0) is 27.6. The van der Waals surface area contributed by atoms with Gasteiger partial charge in [-0.05, 0) is 55.9 Å². The summed E-state index contributed by atoms with van der Waals surface area (Å²) >= 11 is 0. The first kappa shape index (κ1) is 27.7. The predicted molar refractivity (Wildman–Crippen MR) is 156 cm³/mol. The first-order valence-corrected chi connectivity index (χ1v) is 15.8. The fourth-order valence-corrected chi connectivity index (χ4v) is 7.18. The molecule has 1 amide bonds. The highest BCUT2D eigenvalue weighted by Gasteiger charge is 2.30. The van der Waals surface area contributed by atoms with Crippen molar-refractivity contribution in [1.82, 2.24) is 15.2 Å². The number of aliphatic hydroxyl groups is 1. The Balaban J connectivity index is 1.43. The van der Waals surface area contributed by atoms with Gasteiger partial charge in [-0.25, -0.2) is 8.42 Å². The average Bonchev–Trinajstić information content (AvgIpc) is 3.28. The van der Waals surface area contributed by atoms with Crippen LogP contribution < -0.4 is 14.9 Å². The highest BCUT2D eigenvalue weighted by Crippen LogP contribution is 2.37. The van der Waals surface area contributed by atoms with E-state index in [1.54, 1.807) is 13.1 Å². The fourth-order valence-electron chi connectivity index (χ4n) is 5.99. The third kappa shape index (κ3) is 6.00. The van der Waals surface area contributed by atoms with Gasteiger partial charge >= 0.3 is 0 Å². The number of sulfonamides is 1. The van der Waals surface area contributed by atoms with Gasteiger partial charge in [0.1, 0.15) is 0 Å². The molecule has 3 aromatic rings. The lowest BCUT2D eigenvalue weighted by molar-refractivity contribution is 0.0821. The topological polar surface area (TPSA) is 104 Å². The van der Waals surface area contributed by atoms with Gasteiger partial charge < -0.3 is 20.3 Å². The largest absolute Gasteiger partial charge is 0.390 e. The van der Waals surface area contributed by atoms with E-state index in [1.807, 2.05) is 49.5 Å². The van der Waals surface area contributed by atoms with Crippen molar-refractivity contribution in [3.05, 3.63) is 65.4 Å². The first-order valence-electron chi connectivity index (χ1n) is 14.2. The van der Waals surface area contributed by atoms with Crippen molar-refractivity contribution in [3.63, 3.8) is 0 Å². The maximum atomic E-state index is 13.7. The van der Waals surface area contributed by atoms with Crippen molar-refractivity contribution < 1.29 is 18.3 Å². The number of aromatic nitrogens is 1. The van der Waals surface area contributed by atoms with E-state index >= 15 is 0 Å². The number of carbonyl (C=O) groups is 1. The fraction of sp³-hybridized carbons (Fsp3) is 0.500. The molecule has 8 nitrogen and oxygen atoms in total. The lowest BCUT2D eigenvalue weighted by Crippen LogP contribution is -2.50. The molecule has 1 aliphatic carbocycles. The number of anilines is 1. The van der Waals surface area contributed by atoms with Gasteiger partial charge in [0.05, 0.1) is 29.1 Å². The molecule has 5 rings (SSSR count). The normalized spacial score (nSPS) is 19.0. The highest BCUT2D eigenvalue weighted by molar-refractivity contribution is 7.92. The van der Waals surface area contributed by atoms with Gasteiger partial charge in [-0.1, -0.05) is 49.6 Å². The maximum absolute atomic E-state index is 13.7. The van der Waals surface area contributed by atoms with Gasteiger partial charge in [0.2, 0.25) is 10.0 Å². The Labute approximate surface area is 231 Å². The molecule has 2 atom stereocenters. The molecule has 3 N–H and O–H groups in total. The Bertz CT molecular complexity index is 1410. The van der Waals surface area contributed by atoms with Crippen LogP contribution >= 0.6 is 0 Å². The van der Waals surface area contributed by atoms with Gasteiger partial charge in [0.25, 0.3) is 5.91 Å². The molecule has 9 heteroatoms. The summed E-state index contributed by atoms with van der Waals surface area (Å²) in [7, 11) is -1.94. The van der Waals surface area contributed by atoms with Crippen LogP contribution in [0, 0.1) is 0 Å². The van der Waals surface area contributed by atoms with Crippen molar-refractivity contribution in [3.8, 4) is 0 Å². The number of hydrogen-bond donors (Lipinski definition) is 3. The molecule has 1 aromatic heterocycles. The van der Waals surface area contributed by atoms with Crippen LogP contribution in [0.5, 0.6) is 0 Å². The molecule has 210 valence electrons. The van der Waals surface area contributed by atoms with E-state index in [-0.39, 0.29) is 11.7 Å². The quantitative estimate of drug-likeness (QED) is 0.376. The second-order valence-electron chi connectivity index (χ2n) is 10.9. The van der Waals surface area contributed by atoms with Gasteiger partial charge in [-0.15, -0.1) is 0 Å². The van der Waals surface area contributed by atoms with Gasteiger partial charge in [0.15, 0.2) is 0 Å². The van der Waals surface area contributed by atoms with E-state index in [4.69, 9.17) is 0 Å². The van der Waals surface area contributed by atoms with Gasteiger partial charge in [-0.2, -0.15) is 0 Å². The second-order valence-corrected chi connectivity index (χ2v) is 13.1. The summed E-state index contributed by atoms with van der Waals surface area (Å²) in [5, 5.41) is 18.7. The molecular formula is C30H40N4O4S. The van der Waals surface area contributed by atoms with Crippen LogP contribution in [0.1, 0.15) is 60.5 Å². The zero-order valence-electron chi connectivity index (χ0n) is 22.9. The van der Waals surface area contributed by atoms with Crippen LogP contribution in [0.4, 0.5) is 5.69 Å². The average molecular weight is 553 g/mol. The molecule has 1 aliphatic heterocycles. The maximum Gasteiger partial charge on any atom is 0.251 e. The Morgan fingerprint density at radius 3 is 2.59 bits per heavy atom. The molecule has 2 aromatic carbocycles. The minimum atomic E-state index is -3.50. The highest BCUT2D eigenvalue weighted by atomic mass is 32.2. The number of aliphatic hydroxyl groups excluding tert-OH is 1. The molecule has 0 saturated heterocycles. The molecule has 39 heavy (non-hydrogen) atoms. The molecule has 0 spiro atoms. The summed E-state index contributed by atoms with van der Waals surface area (Å²) in [6, 6.07) is 13.3. The number of nitrogens with zero attached hydrogens (tertiary/aromatic N) is 2. The number of aryl methyl sites for hydroxylation is 2. The summed E-state index contributed by atoms with van der Waals surface area (Å²) < 4.78 is 29.2. The van der Waals surface area contributed by atoms with E-state index in [0.29, 0.717) is 43.2 Å². The molecule has 2 heterocycles. The second kappa shape index (κ2) is 11.7. The molecule has 0 bridgehead atoms. The van der Waals surface area contributed by atoms with Crippen LogP contribution in [0.25, 0.3) is 10.9 Å². The van der Waals surface area contributed by atoms with Crippen LogP contribution in [0.2, 0.25) is 0 Å². The van der Waals surface area contributed by atoms with E-state index in [0.717, 1.165) is 34.9 Å². The van der Waals surface area contributed by atoms with Crippen LogP contribution in [0.15, 0.2) is 48.7 Å². The predicted octanol–water partition coefficient (Wildman–Crippen LogP) is 3.61. The summed E-state index contributed by atoms with van der Waals surface area (Å²) in [4.78, 5) is 13.7. The molecule has 2 aliphatic rings. The minimum Gasteiger partial charge on any atom is -0.390 e. The standard InChI is InChI=1S/C30H40N4O4S/c1-3-34-20-22-14-15-39(37,38)33(2)26-17-23(18-27(34)29(22)26)30(36)32-25(16-21-10-6-4-7-11-21)28(35)19-31-24-12-8-5-9-13-24/h4,6-7,10-11,17-18,20,24-25,28,31,35H,3,5,8-9,12-16,19H2,1-2H3,(H,32,36)/t25-,28+/m0/s1. The molecule has 1 fully saturated rings. The minimum absolute atomic E-state index is 0.0296. The van der Waals surface area contributed by atoms with Crippen LogP contribution in [-0.2, 0) is 29.4 Å². The number of nitrogens with one attached hydrogen (secondary N) is 2. The number of benzene rings is 2. The monoisotopic (exact) mass is 552 g/mol. The smallest absolute Gasteiger partial charge is 0.251 e. The number of carbonyl (C=O) groups excluding carboxylic acids is 1. The molecule has 1 saturated carbocycles. The number of hydrogen-bond acceptors (Lipinski definition) is 5. The molecule has 0 radical (unpaired) electrons. The van der Waals surface area contributed by atoms with E-state index in [9.17, 15) is 18.3 Å². The molecular weight excluding hydrogens is 512 g/mol. The summed E-state index contributed by atoms with van der Waals surface area (Å²) in [6.07, 6.45) is 8.04. The summed E-state index contributed by atoms with van der Waals surface area (Å²) in [5.41, 5.74) is 3.76. The van der Waals surface area contributed by atoms with Crippen LogP contribution in [-0.4, -0.2) is 61.5 Å². The van der Waals surface area contributed by atoms with E-state index in [2.05, 4.69) is 15.2 Å². The SMILES string of the molecule is CCn1cc2c3c(cc(C(=O)N[C@@H](Cc4ccccc4)[C@H](O)CNC4CCCCC4)cc31)N(C)S(=O)(=O)CC2. The van der Waals surface area contributed by atoms with Crippen molar-refractivity contribution in [2.45, 2.75) is 76.6 Å². The number of amides is 1. The van der Waals surface area contributed by atoms with Crippen molar-refractivity contribution >= 4 is 32.5 Å². The number of rotatable bonds is 9. The lowest BCUT2D eigenvalue weighted by Gasteiger charge is -2.28. The van der Waals surface area contributed by atoms with Crippen LogP contribution in [0.3, 0.4) is 0 Å². The zero-order valence-corrected chi connectivity index (χ0v) is 23.7. The molecule has 0 unspecified atom stereocenters. The third-order valence-corrected chi connectivity index (χ3v) is 10.1. The lowest BCUT2D eigenvalue weighted by atomic mass is 9.94. The Morgan fingerprint density at radius 2 is 1.87 bits per heavy atom. The third-order valence-electron chi connectivity index (χ3n) is 8.33. The van der Waals surface area contributed by atoms with E-state index < -0.39 is 22.2 Å². The summed E-state index contributed by atoms with van der Waals surface area (Å²) in [6.45, 7) is 3.14. The van der Waals surface area contributed by atoms with Crippen molar-refractivity contribution in [2.75, 3.05) is 23.7 Å². The van der Waals surface area contributed by atoms with E-state index in [1.165, 1.54) is 23.6 Å². The Kier molecular flexibility index (Phi) is 8.30. The van der Waals surface area contributed by atoms with Gasteiger partial charge in [0, 0.05) is 43.3 Å². The first-order chi connectivity index (χ1) is 18.8.